The quantitative estimate of drug-likeness (QED) is 0.268. The van der Waals surface area contributed by atoms with E-state index in [1.165, 1.54) is 43.4 Å². The second kappa shape index (κ2) is 11.8. The van der Waals surface area contributed by atoms with Gasteiger partial charge in [-0.3, -0.25) is 19.7 Å². The SMILES string of the molecule is CN(C(=O)c1ccccc1)c1ccc2c(c1)nc(NC(=O)c1ccc(C3CCCCCC3)s1)n2CCC(N)=O. The van der Waals surface area contributed by atoms with Crippen molar-refractivity contribution in [1.29, 1.82) is 0 Å². The molecule has 2 aromatic carbocycles. The Morgan fingerprint density at radius 3 is 2.49 bits per heavy atom. The maximum atomic E-state index is 13.3. The van der Waals surface area contributed by atoms with E-state index >= 15 is 0 Å². The number of aryl methyl sites for hydroxylation is 1. The maximum Gasteiger partial charge on any atom is 0.268 e. The number of amides is 3. The number of aromatic nitrogens is 2. The lowest BCUT2D eigenvalue weighted by Gasteiger charge is -2.17. The normalized spacial score (nSPS) is 14.2. The van der Waals surface area contributed by atoms with E-state index in [4.69, 9.17) is 5.73 Å². The molecule has 5 rings (SSSR count). The number of carbonyl (C=O) groups excluding carboxylic acids is 3. The number of thiophene rings is 1. The third-order valence-electron chi connectivity index (χ3n) is 7.36. The van der Waals surface area contributed by atoms with E-state index in [9.17, 15) is 14.4 Å². The number of hydrogen-bond acceptors (Lipinski definition) is 5. The molecular weight excluding hydrogens is 510 g/mol. The highest BCUT2D eigenvalue weighted by atomic mass is 32.1. The van der Waals surface area contributed by atoms with Crippen LogP contribution >= 0.6 is 11.3 Å². The molecule has 1 aliphatic carbocycles. The number of primary amides is 1. The predicted octanol–water partition coefficient (Wildman–Crippen LogP) is 5.94. The third-order valence-corrected chi connectivity index (χ3v) is 8.61. The molecule has 1 saturated carbocycles. The fraction of sp³-hybridized carbons (Fsp3) is 0.333. The van der Waals surface area contributed by atoms with Crippen LogP contribution in [0.25, 0.3) is 11.0 Å². The first-order chi connectivity index (χ1) is 18.9. The first kappa shape index (κ1) is 26.6. The molecule has 1 fully saturated rings. The van der Waals surface area contributed by atoms with E-state index in [2.05, 4.69) is 16.4 Å². The van der Waals surface area contributed by atoms with Gasteiger partial charge < -0.3 is 15.2 Å². The van der Waals surface area contributed by atoms with Gasteiger partial charge in [0.2, 0.25) is 11.9 Å². The molecule has 0 unspecified atom stereocenters. The summed E-state index contributed by atoms with van der Waals surface area (Å²) in [5.74, 6) is 0.0548. The largest absolute Gasteiger partial charge is 0.370 e. The van der Waals surface area contributed by atoms with Gasteiger partial charge in [-0.25, -0.2) is 4.98 Å². The molecule has 202 valence electrons. The Bertz CT molecular complexity index is 1490. The minimum Gasteiger partial charge on any atom is -0.370 e. The van der Waals surface area contributed by atoms with E-state index in [1.807, 2.05) is 42.5 Å². The number of fused-ring (bicyclic) bond motifs is 1. The lowest BCUT2D eigenvalue weighted by molar-refractivity contribution is -0.118. The Morgan fingerprint density at radius 1 is 1.03 bits per heavy atom. The van der Waals surface area contributed by atoms with Crippen molar-refractivity contribution >= 4 is 51.7 Å². The van der Waals surface area contributed by atoms with Crippen molar-refractivity contribution in [3.05, 3.63) is 76.0 Å². The molecule has 4 aromatic rings. The number of carbonyl (C=O) groups is 3. The molecule has 0 radical (unpaired) electrons. The van der Waals surface area contributed by atoms with Crippen molar-refractivity contribution in [2.75, 3.05) is 17.3 Å². The number of benzene rings is 2. The van der Waals surface area contributed by atoms with E-state index in [0.717, 1.165) is 5.52 Å². The van der Waals surface area contributed by atoms with Crippen LogP contribution in [0.5, 0.6) is 0 Å². The highest BCUT2D eigenvalue weighted by Crippen LogP contribution is 2.36. The van der Waals surface area contributed by atoms with Crippen LogP contribution in [0.2, 0.25) is 0 Å². The molecule has 2 heterocycles. The summed E-state index contributed by atoms with van der Waals surface area (Å²) in [4.78, 5) is 46.0. The third kappa shape index (κ3) is 6.04. The number of nitrogens with one attached hydrogen (secondary N) is 1. The van der Waals surface area contributed by atoms with E-state index in [1.54, 1.807) is 40.0 Å². The van der Waals surface area contributed by atoms with Crippen molar-refractivity contribution in [3.63, 3.8) is 0 Å². The summed E-state index contributed by atoms with van der Waals surface area (Å²) in [5.41, 5.74) is 8.02. The van der Waals surface area contributed by atoms with Crippen LogP contribution in [0.3, 0.4) is 0 Å². The molecule has 0 atom stereocenters. The Labute approximate surface area is 231 Å². The standard InChI is InChI=1S/C30H33N5O3S/c1-34(29(38)21-11-7-4-8-12-21)22-13-14-24-23(19-22)32-30(35(24)18-17-27(31)36)33-28(37)26-16-15-25(39-26)20-9-5-2-3-6-10-20/h4,7-8,11-16,19-20H,2-3,5-6,9-10,17-18H2,1H3,(H2,31,36)(H,32,33,37). The highest BCUT2D eigenvalue weighted by Gasteiger charge is 2.21. The molecule has 0 aliphatic heterocycles. The molecular formula is C30H33N5O3S. The van der Waals surface area contributed by atoms with Crippen LogP contribution in [0.15, 0.2) is 60.7 Å². The zero-order valence-electron chi connectivity index (χ0n) is 22.1. The van der Waals surface area contributed by atoms with Gasteiger partial charge in [-0.1, -0.05) is 43.9 Å². The monoisotopic (exact) mass is 543 g/mol. The molecule has 1 aliphatic rings. The van der Waals surface area contributed by atoms with Crippen LogP contribution in [0.4, 0.5) is 11.6 Å². The van der Waals surface area contributed by atoms with Gasteiger partial charge in [0.05, 0.1) is 15.9 Å². The van der Waals surface area contributed by atoms with Crippen molar-refractivity contribution in [3.8, 4) is 0 Å². The summed E-state index contributed by atoms with van der Waals surface area (Å²) in [5, 5.41) is 2.96. The molecule has 39 heavy (non-hydrogen) atoms. The molecule has 8 nitrogen and oxygen atoms in total. The minimum absolute atomic E-state index is 0.104. The van der Waals surface area contributed by atoms with Crippen molar-refractivity contribution in [1.82, 2.24) is 9.55 Å². The van der Waals surface area contributed by atoms with Crippen molar-refractivity contribution in [2.45, 2.75) is 57.4 Å². The zero-order chi connectivity index (χ0) is 27.4. The lowest BCUT2D eigenvalue weighted by Crippen LogP contribution is -2.26. The number of hydrogen-bond donors (Lipinski definition) is 2. The summed E-state index contributed by atoms with van der Waals surface area (Å²) >= 11 is 1.55. The van der Waals surface area contributed by atoms with Gasteiger partial charge in [0.1, 0.15) is 0 Å². The number of rotatable bonds is 8. The number of imidazole rings is 1. The Morgan fingerprint density at radius 2 is 1.77 bits per heavy atom. The van der Waals surface area contributed by atoms with Crippen LogP contribution in [0.1, 0.15) is 75.8 Å². The molecule has 3 amide bonds. The second-order valence-corrected chi connectivity index (χ2v) is 11.2. The molecule has 3 N–H and O–H groups in total. The predicted molar refractivity (Wildman–Crippen MR) is 155 cm³/mol. The van der Waals surface area contributed by atoms with Crippen LogP contribution in [0, 0.1) is 0 Å². The molecule has 0 bridgehead atoms. The first-order valence-electron chi connectivity index (χ1n) is 13.4. The van der Waals surface area contributed by atoms with Gasteiger partial charge in [0, 0.05) is 36.1 Å². The molecule has 0 saturated heterocycles. The minimum atomic E-state index is -0.440. The zero-order valence-corrected chi connectivity index (χ0v) is 22.9. The number of nitrogens with two attached hydrogens (primary N) is 1. The van der Waals surface area contributed by atoms with Gasteiger partial charge in [0.15, 0.2) is 0 Å². The average molecular weight is 544 g/mol. The maximum absolute atomic E-state index is 13.3. The average Bonchev–Trinajstić information content (AvgIpc) is 3.47. The summed E-state index contributed by atoms with van der Waals surface area (Å²) < 4.78 is 1.79. The van der Waals surface area contributed by atoms with Crippen LogP contribution in [-0.4, -0.2) is 34.3 Å². The van der Waals surface area contributed by atoms with Crippen LogP contribution < -0.4 is 16.0 Å². The summed E-state index contributed by atoms with van der Waals surface area (Å²) in [6, 6.07) is 18.5. The summed E-state index contributed by atoms with van der Waals surface area (Å²) in [6.07, 6.45) is 7.50. The molecule has 0 spiro atoms. The molecule has 2 aromatic heterocycles. The Hall–Kier alpha value is -3.98. The highest BCUT2D eigenvalue weighted by molar-refractivity contribution is 7.14. The fourth-order valence-corrected chi connectivity index (χ4v) is 6.26. The fourth-order valence-electron chi connectivity index (χ4n) is 5.18. The van der Waals surface area contributed by atoms with Gasteiger partial charge >= 0.3 is 0 Å². The topological polar surface area (TPSA) is 110 Å². The number of nitrogens with zero attached hydrogens (tertiary/aromatic N) is 3. The second-order valence-electron chi connectivity index (χ2n) is 10.1. The first-order valence-corrected chi connectivity index (χ1v) is 14.2. The van der Waals surface area contributed by atoms with Gasteiger partial charge in [0.25, 0.3) is 11.8 Å². The summed E-state index contributed by atoms with van der Waals surface area (Å²) in [7, 11) is 1.71. The van der Waals surface area contributed by atoms with Crippen molar-refractivity contribution < 1.29 is 14.4 Å². The van der Waals surface area contributed by atoms with E-state index < -0.39 is 5.91 Å². The Balaban J connectivity index is 1.40. The van der Waals surface area contributed by atoms with Gasteiger partial charge in [-0.05, 0) is 61.2 Å². The Kier molecular flexibility index (Phi) is 8.07. The van der Waals surface area contributed by atoms with Gasteiger partial charge in [-0.2, -0.15) is 0 Å². The van der Waals surface area contributed by atoms with E-state index in [-0.39, 0.29) is 24.8 Å². The lowest BCUT2D eigenvalue weighted by atomic mass is 9.99. The van der Waals surface area contributed by atoms with Gasteiger partial charge in [-0.15, -0.1) is 11.3 Å². The smallest absolute Gasteiger partial charge is 0.268 e. The summed E-state index contributed by atoms with van der Waals surface area (Å²) in [6.45, 7) is 0.275. The molecule has 9 heteroatoms. The van der Waals surface area contributed by atoms with Crippen LogP contribution in [-0.2, 0) is 11.3 Å². The van der Waals surface area contributed by atoms with Crippen molar-refractivity contribution in [2.24, 2.45) is 5.73 Å². The number of anilines is 2. The van der Waals surface area contributed by atoms with E-state index in [0.29, 0.717) is 33.5 Å².